The fraction of sp³-hybridized carbons (Fsp3) is 0.611. The summed E-state index contributed by atoms with van der Waals surface area (Å²) in [6, 6.07) is 5.14. The normalized spacial score (nSPS) is 23.9. The van der Waals surface area contributed by atoms with Crippen LogP contribution in [-0.4, -0.2) is 68.9 Å². The van der Waals surface area contributed by atoms with Gasteiger partial charge in [0, 0.05) is 45.2 Å². The predicted molar refractivity (Wildman–Crippen MR) is 95.4 cm³/mol. The molecular weight excluding hydrogens is 339 g/mol. The average molecular weight is 366 g/mol. The zero-order chi connectivity index (χ0) is 18.5. The fourth-order valence-corrected chi connectivity index (χ4v) is 3.60. The van der Waals surface area contributed by atoms with E-state index < -0.39 is 0 Å². The van der Waals surface area contributed by atoms with Crippen LogP contribution < -0.4 is 15.6 Å². The van der Waals surface area contributed by atoms with Gasteiger partial charge in [-0.25, -0.2) is 14.6 Å². The van der Waals surface area contributed by atoms with Gasteiger partial charge in [0.1, 0.15) is 0 Å². The fourth-order valence-electron chi connectivity index (χ4n) is 3.60. The number of hydrogen-bond donors (Lipinski definition) is 2. The maximum Gasteiger partial charge on any atom is 0.409 e. The number of ether oxygens (including phenoxy) is 2. The molecule has 0 radical (unpaired) electrons. The molecule has 2 unspecified atom stereocenters. The molecule has 1 aromatic carbocycles. The molecule has 0 aromatic heterocycles. The molecular formula is C18H27FN4O3. The molecule has 2 heterocycles. The summed E-state index contributed by atoms with van der Waals surface area (Å²) in [5.74, 6) is 0.226. The van der Waals surface area contributed by atoms with Gasteiger partial charge in [-0.1, -0.05) is 6.07 Å². The van der Waals surface area contributed by atoms with E-state index in [1.165, 1.54) is 13.2 Å². The first-order valence-electron chi connectivity index (χ1n) is 9.08. The highest BCUT2D eigenvalue weighted by molar-refractivity contribution is 5.67. The lowest BCUT2D eigenvalue weighted by Crippen LogP contribution is -2.50. The molecule has 2 N–H and O–H groups in total. The van der Waals surface area contributed by atoms with E-state index >= 15 is 0 Å². The molecule has 8 heteroatoms. The summed E-state index contributed by atoms with van der Waals surface area (Å²) in [5.41, 5.74) is 7.35. The van der Waals surface area contributed by atoms with Crippen molar-refractivity contribution in [1.29, 1.82) is 0 Å². The van der Waals surface area contributed by atoms with E-state index in [0.29, 0.717) is 25.6 Å². The van der Waals surface area contributed by atoms with Gasteiger partial charge in [0.05, 0.1) is 19.8 Å². The Hall–Kier alpha value is -1.90. The summed E-state index contributed by atoms with van der Waals surface area (Å²) in [5, 5.41) is 0. The SMILES string of the molecule is CCOC(=O)N1CCN(CC2CNNC2c2ccc(OC)c(F)c2)CC1. The summed E-state index contributed by atoms with van der Waals surface area (Å²) < 4.78 is 24.1. The molecule has 0 spiro atoms. The molecule has 1 aromatic rings. The molecule has 3 rings (SSSR count). The number of benzene rings is 1. The maximum absolute atomic E-state index is 14.0. The Bertz CT molecular complexity index is 622. The van der Waals surface area contributed by atoms with Crippen LogP contribution in [0.1, 0.15) is 18.5 Å². The number of halogens is 1. The van der Waals surface area contributed by atoms with Crippen molar-refractivity contribution in [3.8, 4) is 5.75 Å². The molecule has 7 nitrogen and oxygen atoms in total. The topological polar surface area (TPSA) is 66.1 Å². The monoisotopic (exact) mass is 366 g/mol. The minimum atomic E-state index is -0.347. The lowest BCUT2D eigenvalue weighted by molar-refractivity contribution is 0.0750. The molecule has 2 fully saturated rings. The Morgan fingerprint density at radius 2 is 2.08 bits per heavy atom. The Morgan fingerprint density at radius 1 is 1.31 bits per heavy atom. The third kappa shape index (κ3) is 4.25. The van der Waals surface area contributed by atoms with Crippen LogP contribution in [-0.2, 0) is 4.74 Å². The second-order valence-electron chi connectivity index (χ2n) is 6.64. The Balaban J connectivity index is 1.56. The van der Waals surface area contributed by atoms with Crippen molar-refractivity contribution < 1.29 is 18.7 Å². The molecule has 0 aliphatic carbocycles. The van der Waals surface area contributed by atoms with E-state index in [-0.39, 0.29) is 23.7 Å². The zero-order valence-corrected chi connectivity index (χ0v) is 15.3. The molecule has 2 atom stereocenters. The van der Waals surface area contributed by atoms with Gasteiger partial charge in [0.25, 0.3) is 0 Å². The van der Waals surface area contributed by atoms with Gasteiger partial charge in [0.2, 0.25) is 0 Å². The highest BCUT2D eigenvalue weighted by Crippen LogP contribution is 2.29. The van der Waals surface area contributed by atoms with Gasteiger partial charge in [-0.3, -0.25) is 10.3 Å². The van der Waals surface area contributed by atoms with Gasteiger partial charge in [-0.05, 0) is 24.6 Å². The molecule has 2 saturated heterocycles. The van der Waals surface area contributed by atoms with E-state index in [4.69, 9.17) is 9.47 Å². The van der Waals surface area contributed by atoms with Crippen LogP contribution in [0, 0.1) is 11.7 Å². The first-order valence-corrected chi connectivity index (χ1v) is 9.08. The third-order valence-electron chi connectivity index (χ3n) is 5.02. The maximum atomic E-state index is 14.0. The van der Waals surface area contributed by atoms with Crippen LogP contribution in [0.15, 0.2) is 18.2 Å². The van der Waals surface area contributed by atoms with Crippen molar-refractivity contribution >= 4 is 6.09 Å². The lowest BCUT2D eigenvalue weighted by atomic mass is 9.94. The first-order chi connectivity index (χ1) is 12.6. The average Bonchev–Trinajstić information content (AvgIpc) is 3.10. The van der Waals surface area contributed by atoms with Crippen molar-refractivity contribution in [3.63, 3.8) is 0 Å². The number of carbonyl (C=O) groups is 1. The predicted octanol–water partition coefficient (Wildman–Crippen LogP) is 1.37. The second kappa shape index (κ2) is 8.66. The number of carbonyl (C=O) groups excluding carboxylic acids is 1. The van der Waals surface area contributed by atoms with Crippen LogP contribution in [0.4, 0.5) is 9.18 Å². The number of piperazine rings is 1. The van der Waals surface area contributed by atoms with Crippen molar-refractivity contribution in [2.24, 2.45) is 5.92 Å². The van der Waals surface area contributed by atoms with E-state index in [1.807, 2.05) is 13.0 Å². The van der Waals surface area contributed by atoms with E-state index in [2.05, 4.69) is 15.8 Å². The van der Waals surface area contributed by atoms with Gasteiger partial charge >= 0.3 is 6.09 Å². The molecule has 144 valence electrons. The molecule has 2 aliphatic heterocycles. The Labute approximate surface area is 153 Å². The number of hydrazine groups is 1. The minimum Gasteiger partial charge on any atom is -0.494 e. The summed E-state index contributed by atoms with van der Waals surface area (Å²) in [6.45, 7) is 6.90. The third-order valence-corrected chi connectivity index (χ3v) is 5.02. The van der Waals surface area contributed by atoms with Crippen LogP contribution in [0.25, 0.3) is 0 Å². The van der Waals surface area contributed by atoms with Crippen molar-refractivity contribution in [3.05, 3.63) is 29.6 Å². The smallest absolute Gasteiger partial charge is 0.409 e. The molecule has 2 aliphatic rings. The van der Waals surface area contributed by atoms with Crippen LogP contribution in [0.3, 0.4) is 0 Å². The lowest BCUT2D eigenvalue weighted by Gasteiger charge is -2.36. The van der Waals surface area contributed by atoms with Crippen molar-refractivity contribution in [1.82, 2.24) is 20.7 Å². The number of nitrogens with one attached hydrogen (secondary N) is 2. The van der Waals surface area contributed by atoms with Crippen LogP contribution in [0.5, 0.6) is 5.75 Å². The van der Waals surface area contributed by atoms with E-state index in [1.54, 1.807) is 11.0 Å². The quantitative estimate of drug-likeness (QED) is 0.821. The highest BCUT2D eigenvalue weighted by Gasteiger charge is 2.32. The highest BCUT2D eigenvalue weighted by atomic mass is 19.1. The van der Waals surface area contributed by atoms with Gasteiger partial charge in [-0.15, -0.1) is 0 Å². The molecule has 0 bridgehead atoms. The summed E-state index contributed by atoms with van der Waals surface area (Å²) in [7, 11) is 1.46. The molecule has 26 heavy (non-hydrogen) atoms. The minimum absolute atomic E-state index is 0.0403. The van der Waals surface area contributed by atoms with Crippen LogP contribution in [0.2, 0.25) is 0 Å². The number of amides is 1. The second-order valence-corrected chi connectivity index (χ2v) is 6.64. The Kier molecular flexibility index (Phi) is 6.29. The summed E-state index contributed by atoms with van der Waals surface area (Å²) >= 11 is 0. The van der Waals surface area contributed by atoms with Gasteiger partial charge in [0.15, 0.2) is 11.6 Å². The first kappa shape index (κ1) is 18.9. The van der Waals surface area contributed by atoms with Crippen LogP contribution >= 0.6 is 0 Å². The summed E-state index contributed by atoms with van der Waals surface area (Å²) in [6.07, 6.45) is -0.233. The van der Waals surface area contributed by atoms with E-state index in [0.717, 1.165) is 31.7 Å². The number of nitrogens with zero attached hydrogens (tertiary/aromatic N) is 2. The number of methoxy groups -OCH3 is 1. The summed E-state index contributed by atoms with van der Waals surface area (Å²) in [4.78, 5) is 15.9. The number of rotatable bonds is 5. The van der Waals surface area contributed by atoms with Crippen molar-refractivity contribution in [2.45, 2.75) is 13.0 Å². The van der Waals surface area contributed by atoms with E-state index in [9.17, 15) is 9.18 Å². The van der Waals surface area contributed by atoms with Gasteiger partial charge < -0.3 is 14.4 Å². The Morgan fingerprint density at radius 3 is 2.73 bits per heavy atom. The standard InChI is InChI=1S/C18H27FN4O3/c1-3-26-18(24)23-8-6-22(7-9-23)12-14-11-20-21-17(14)13-4-5-16(25-2)15(19)10-13/h4-5,10,14,17,20-21H,3,6-9,11-12H2,1-2H3. The molecule has 1 amide bonds. The van der Waals surface area contributed by atoms with Crippen molar-refractivity contribution in [2.75, 3.05) is 53.0 Å². The largest absolute Gasteiger partial charge is 0.494 e. The van der Waals surface area contributed by atoms with Gasteiger partial charge in [-0.2, -0.15) is 0 Å². The molecule has 0 saturated carbocycles. The zero-order valence-electron chi connectivity index (χ0n) is 15.3. The number of hydrogen-bond acceptors (Lipinski definition) is 6.